The van der Waals surface area contributed by atoms with Gasteiger partial charge < -0.3 is 10.2 Å². The number of hydrogen-bond acceptors (Lipinski definition) is 2. The van der Waals surface area contributed by atoms with Crippen LogP contribution in [0.15, 0.2) is 18.2 Å². The summed E-state index contributed by atoms with van der Waals surface area (Å²) in [4.78, 5) is 2.42. The highest BCUT2D eigenvalue weighted by Gasteiger charge is 2.21. The van der Waals surface area contributed by atoms with E-state index in [1.165, 1.54) is 17.7 Å². The first-order valence-electron chi connectivity index (χ1n) is 5.39. The summed E-state index contributed by atoms with van der Waals surface area (Å²) in [5, 5.41) is 4.15. The van der Waals surface area contributed by atoms with E-state index in [4.69, 9.17) is 11.6 Å². The number of likely N-dealkylation sites (N-methyl/N-ethyl adjacent to an activating group) is 1. The second-order valence-corrected chi connectivity index (χ2v) is 4.59. The molecule has 1 aromatic rings. The first-order valence-corrected chi connectivity index (χ1v) is 5.77. The van der Waals surface area contributed by atoms with Crippen LogP contribution in [0, 0.1) is 6.92 Å². The van der Waals surface area contributed by atoms with Crippen LogP contribution in [0.2, 0.25) is 5.02 Å². The Morgan fingerprint density at radius 1 is 1.47 bits per heavy atom. The molecule has 0 radical (unpaired) electrons. The van der Waals surface area contributed by atoms with Crippen LogP contribution in [-0.2, 0) is 0 Å². The molecule has 1 heterocycles. The fraction of sp³-hybridized carbons (Fsp3) is 0.500. The lowest BCUT2D eigenvalue weighted by atomic mass is 10.2. The van der Waals surface area contributed by atoms with Crippen molar-refractivity contribution in [3.63, 3.8) is 0 Å². The van der Waals surface area contributed by atoms with E-state index in [-0.39, 0.29) is 0 Å². The lowest BCUT2D eigenvalue weighted by molar-refractivity contribution is 0.617. The van der Waals surface area contributed by atoms with Gasteiger partial charge in [-0.2, -0.15) is 0 Å². The third-order valence-electron chi connectivity index (χ3n) is 3.10. The molecule has 15 heavy (non-hydrogen) atoms. The average molecular weight is 225 g/mol. The quantitative estimate of drug-likeness (QED) is 0.830. The van der Waals surface area contributed by atoms with Crippen LogP contribution in [0.4, 0.5) is 5.69 Å². The van der Waals surface area contributed by atoms with Crippen LogP contribution in [-0.4, -0.2) is 26.2 Å². The number of aryl methyl sites for hydroxylation is 1. The average Bonchev–Trinajstić information content (AvgIpc) is 2.66. The van der Waals surface area contributed by atoms with Crippen molar-refractivity contribution < 1.29 is 0 Å². The molecule has 1 fully saturated rings. The zero-order valence-electron chi connectivity index (χ0n) is 9.26. The highest BCUT2D eigenvalue weighted by atomic mass is 35.5. The fourth-order valence-corrected chi connectivity index (χ4v) is 2.42. The molecule has 0 bridgehead atoms. The topological polar surface area (TPSA) is 15.3 Å². The van der Waals surface area contributed by atoms with Crippen LogP contribution >= 0.6 is 11.6 Å². The molecule has 1 aromatic carbocycles. The largest absolute Gasteiger partial charge is 0.370 e. The van der Waals surface area contributed by atoms with E-state index >= 15 is 0 Å². The van der Waals surface area contributed by atoms with Gasteiger partial charge in [0.1, 0.15) is 0 Å². The molecule has 1 saturated heterocycles. The minimum absolute atomic E-state index is 0.625. The van der Waals surface area contributed by atoms with Crippen molar-refractivity contribution in [1.29, 1.82) is 0 Å². The van der Waals surface area contributed by atoms with Crippen LogP contribution in [0.1, 0.15) is 12.0 Å². The van der Waals surface area contributed by atoms with Crippen LogP contribution < -0.4 is 10.2 Å². The van der Waals surface area contributed by atoms with Crippen LogP contribution in [0.5, 0.6) is 0 Å². The van der Waals surface area contributed by atoms with Crippen molar-refractivity contribution in [3.8, 4) is 0 Å². The Balaban J connectivity index is 2.17. The maximum atomic E-state index is 5.95. The number of benzene rings is 1. The number of halogens is 1. The number of nitrogens with zero attached hydrogens (tertiary/aromatic N) is 1. The molecule has 0 aliphatic carbocycles. The van der Waals surface area contributed by atoms with Crippen molar-refractivity contribution >= 4 is 17.3 Å². The van der Waals surface area contributed by atoms with E-state index in [9.17, 15) is 0 Å². The Labute approximate surface area is 96.2 Å². The van der Waals surface area contributed by atoms with E-state index in [0.29, 0.717) is 6.04 Å². The Bertz CT molecular complexity index is 351. The lowest BCUT2D eigenvalue weighted by Crippen LogP contribution is -2.29. The minimum Gasteiger partial charge on any atom is -0.370 e. The predicted octanol–water partition coefficient (Wildman–Crippen LogP) is 2.45. The third-order valence-corrected chi connectivity index (χ3v) is 3.33. The van der Waals surface area contributed by atoms with Gasteiger partial charge in [0.2, 0.25) is 0 Å². The molecule has 82 valence electrons. The zero-order chi connectivity index (χ0) is 10.8. The first-order chi connectivity index (χ1) is 7.20. The molecule has 0 aromatic heterocycles. The first kappa shape index (κ1) is 10.8. The van der Waals surface area contributed by atoms with Gasteiger partial charge in [0.25, 0.3) is 0 Å². The Hall–Kier alpha value is -0.730. The molecule has 3 heteroatoms. The van der Waals surface area contributed by atoms with Gasteiger partial charge in [-0.1, -0.05) is 11.6 Å². The molecule has 0 saturated carbocycles. The van der Waals surface area contributed by atoms with E-state index in [1.54, 1.807) is 0 Å². The molecule has 2 nitrogen and oxygen atoms in total. The van der Waals surface area contributed by atoms with Gasteiger partial charge in [-0.15, -0.1) is 0 Å². The molecular weight excluding hydrogens is 208 g/mol. The van der Waals surface area contributed by atoms with Gasteiger partial charge in [-0.05, 0) is 44.2 Å². The normalized spacial score (nSPS) is 21.0. The molecule has 1 N–H and O–H groups in total. The second-order valence-electron chi connectivity index (χ2n) is 4.15. The van der Waals surface area contributed by atoms with Crippen LogP contribution in [0.3, 0.4) is 0 Å². The highest BCUT2D eigenvalue weighted by Crippen LogP contribution is 2.26. The Kier molecular flexibility index (Phi) is 3.17. The maximum absolute atomic E-state index is 5.95. The zero-order valence-corrected chi connectivity index (χ0v) is 10.0. The van der Waals surface area contributed by atoms with Crippen molar-refractivity contribution in [2.75, 3.05) is 25.0 Å². The summed E-state index contributed by atoms with van der Waals surface area (Å²) in [7, 11) is 2.03. The second kappa shape index (κ2) is 4.42. The van der Waals surface area contributed by atoms with Gasteiger partial charge in [0.05, 0.1) is 0 Å². The Morgan fingerprint density at radius 3 is 2.87 bits per heavy atom. The number of hydrogen-bond donors (Lipinski definition) is 1. The number of nitrogens with one attached hydrogen (secondary N) is 1. The maximum Gasteiger partial charge on any atom is 0.0410 e. The predicted molar refractivity (Wildman–Crippen MR) is 65.9 cm³/mol. The third kappa shape index (κ3) is 2.27. The van der Waals surface area contributed by atoms with E-state index in [0.717, 1.165) is 18.1 Å². The SMILES string of the molecule is CNC1CCN(c2ccc(Cl)cc2C)C1. The summed E-state index contributed by atoms with van der Waals surface area (Å²) < 4.78 is 0. The van der Waals surface area contributed by atoms with E-state index in [2.05, 4.69) is 23.2 Å². The molecule has 0 amide bonds. The van der Waals surface area contributed by atoms with Gasteiger partial charge in [-0.25, -0.2) is 0 Å². The summed E-state index contributed by atoms with van der Waals surface area (Å²) >= 11 is 5.95. The van der Waals surface area contributed by atoms with Gasteiger partial charge in [-0.3, -0.25) is 0 Å². The van der Waals surface area contributed by atoms with Gasteiger partial charge in [0, 0.05) is 29.8 Å². The molecule has 1 aliphatic heterocycles. The van der Waals surface area contributed by atoms with Gasteiger partial charge >= 0.3 is 0 Å². The van der Waals surface area contributed by atoms with Crippen LogP contribution in [0.25, 0.3) is 0 Å². The molecule has 1 atom stereocenters. The fourth-order valence-electron chi connectivity index (χ4n) is 2.19. The summed E-state index contributed by atoms with van der Waals surface area (Å²) in [6, 6.07) is 6.75. The summed E-state index contributed by atoms with van der Waals surface area (Å²) in [5.74, 6) is 0. The molecule has 0 spiro atoms. The smallest absolute Gasteiger partial charge is 0.0410 e. The van der Waals surface area contributed by atoms with E-state index in [1.807, 2.05) is 19.2 Å². The standard InChI is InChI=1S/C12H17ClN2/c1-9-7-10(13)3-4-12(9)15-6-5-11(8-15)14-2/h3-4,7,11,14H,5-6,8H2,1-2H3. The number of rotatable bonds is 2. The monoisotopic (exact) mass is 224 g/mol. The summed E-state index contributed by atoms with van der Waals surface area (Å²) in [6.45, 7) is 4.35. The van der Waals surface area contributed by atoms with Crippen molar-refractivity contribution in [2.24, 2.45) is 0 Å². The van der Waals surface area contributed by atoms with Gasteiger partial charge in [0.15, 0.2) is 0 Å². The van der Waals surface area contributed by atoms with Crippen molar-refractivity contribution in [1.82, 2.24) is 5.32 Å². The molecule has 1 unspecified atom stereocenters. The molecule has 2 rings (SSSR count). The molecule has 1 aliphatic rings. The lowest BCUT2D eigenvalue weighted by Gasteiger charge is -2.21. The minimum atomic E-state index is 0.625. The Morgan fingerprint density at radius 2 is 2.27 bits per heavy atom. The summed E-state index contributed by atoms with van der Waals surface area (Å²) in [5.41, 5.74) is 2.58. The van der Waals surface area contributed by atoms with Crippen molar-refractivity contribution in [2.45, 2.75) is 19.4 Å². The highest BCUT2D eigenvalue weighted by molar-refractivity contribution is 6.30. The molecular formula is C12H17ClN2. The summed E-state index contributed by atoms with van der Waals surface area (Å²) in [6.07, 6.45) is 1.22. The van der Waals surface area contributed by atoms with Crippen molar-refractivity contribution in [3.05, 3.63) is 28.8 Å². The van der Waals surface area contributed by atoms with E-state index < -0.39 is 0 Å². The number of anilines is 1.